The Balaban J connectivity index is 2.39. The van der Waals surface area contributed by atoms with E-state index in [0.717, 1.165) is 18.4 Å². The fourth-order valence-corrected chi connectivity index (χ4v) is 2.02. The Morgan fingerprint density at radius 1 is 1.30 bits per heavy atom. The molecule has 0 aliphatic carbocycles. The van der Waals surface area contributed by atoms with Crippen LogP contribution in [0.4, 0.5) is 5.69 Å². The van der Waals surface area contributed by atoms with Crippen molar-refractivity contribution in [3.63, 3.8) is 0 Å². The van der Waals surface area contributed by atoms with Gasteiger partial charge >= 0.3 is 0 Å². The highest BCUT2D eigenvalue weighted by atomic mass is 16.6. The summed E-state index contributed by atoms with van der Waals surface area (Å²) in [6, 6.07) is 6.27. The summed E-state index contributed by atoms with van der Waals surface area (Å²) in [5.41, 5.74) is 0.830. The maximum atomic E-state index is 11.8. The van der Waals surface area contributed by atoms with Gasteiger partial charge in [0.25, 0.3) is 5.69 Å². The molecule has 1 N–H and O–H groups in total. The number of nitrogens with zero attached hydrogens (tertiary/aromatic N) is 1. The molecule has 5 heteroatoms. The Bertz CT molecular complexity index is 443. The van der Waals surface area contributed by atoms with E-state index in [1.165, 1.54) is 25.0 Å². The molecular formula is C15H22N2O3. The van der Waals surface area contributed by atoms with Gasteiger partial charge in [0.2, 0.25) is 5.91 Å². The topological polar surface area (TPSA) is 72.2 Å². The number of nitrogens with one attached hydrogen (secondary N) is 1. The molecule has 1 atom stereocenters. The molecule has 0 radical (unpaired) electrons. The summed E-state index contributed by atoms with van der Waals surface area (Å²) < 4.78 is 0. The van der Waals surface area contributed by atoms with Gasteiger partial charge in [-0.15, -0.1) is 0 Å². The van der Waals surface area contributed by atoms with Gasteiger partial charge in [-0.05, 0) is 18.9 Å². The van der Waals surface area contributed by atoms with Crippen molar-refractivity contribution in [2.75, 3.05) is 0 Å². The molecule has 0 fully saturated rings. The van der Waals surface area contributed by atoms with Crippen LogP contribution in [0.15, 0.2) is 24.3 Å². The Labute approximate surface area is 119 Å². The summed E-state index contributed by atoms with van der Waals surface area (Å²) in [7, 11) is 0. The third kappa shape index (κ3) is 5.82. The summed E-state index contributed by atoms with van der Waals surface area (Å²) in [5.74, 6) is -0.0390. The molecule has 0 aliphatic rings. The number of carbonyl (C=O) groups excluding carboxylic acids is 1. The van der Waals surface area contributed by atoms with Gasteiger partial charge in [-0.2, -0.15) is 0 Å². The third-order valence-electron chi connectivity index (χ3n) is 3.16. The first-order chi connectivity index (χ1) is 9.52. The van der Waals surface area contributed by atoms with Crippen molar-refractivity contribution in [1.82, 2.24) is 5.32 Å². The zero-order valence-corrected chi connectivity index (χ0v) is 12.1. The zero-order chi connectivity index (χ0) is 15.0. The Hall–Kier alpha value is -1.91. The molecule has 1 rings (SSSR count). The van der Waals surface area contributed by atoms with Crippen LogP contribution in [0.2, 0.25) is 0 Å². The standard InChI is InChI=1S/C15H22N2O3/c1-3-4-5-6-12(2)16-15(18)11-13-7-9-14(10-8-13)17(19)20/h7-10,12H,3-6,11H2,1-2H3,(H,16,18). The van der Waals surface area contributed by atoms with Crippen molar-refractivity contribution in [2.24, 2.45) is 0 Å². The molecule has 1 aromatic rings. The lowest BCUT2D eigenvalue weighted by molar-refractivity contribution is -0.384. The van der Waals surface area contributed by atoms with Crippen molar-refractivity contribution < 1.29 is 9.72 Å². The number of hydrogen-bond acceptors (Lipinski definition) is 3. The molecule has 0 aromatic heterocycles. The van der Waals surface area contributed by atoms with E-state index in [1.807, 2.05) is 6.92 Å². The second-order valence-corrected chi connectivity index (χ2v) is 5.06. The molecule has 5 nitrogen and oxygen atoms in total. The van der Waals surface area contributed by atoms with E-state index in [4.69, 9.17) is 0 Å². The number of carbonyl (C=O) groups is 1. The van der Waals surface area contributed by atoms with E-state index in [2.05, 4.69) is 12.2 Å². The van der Waals surface area contributed by atoms with Crippen molar-refractivity contribution >= 4 is 11.6 Å². The smallest absolute Gasteiger partial charge is 0.269 e. The van der Waals surface area contributed by atoms with Crippen molar-refractivity contribution in [1.29, 1.82) is 0 Å². The number of hydrogen-bond donors (Lipinski definition) is 1. The van der Waals surface area contributed by atoms with Crippen molar-refractivity contribution in [2.45, 2.75) is 52.0 Å². The SMILES string of the molecule is CCCCCC(C)NC(=O)Cc1ccc([N+](=O)[O-])cc1. The van der Waals surface area contributed by atoms with Gasteiger partial charge in [0.1, 0.15) is 0 Å². The fraction of sp³-hybridized carbons (Fsp3) is 0.533. The fourth-order valence-electron chi connectivity index (χ4n) is 2.02. The normalized spacial score (nSPS) is 11.9. The van der Waals surface area contributed by atoms with Crippen LogP contribution in [0.5, 0.6) is 0 Å². The number of non-ortho nitro benzene ring substituents is 1. The van der Waals surface area contributed by atoms with Crippen LogP contribution < -0.4 is 5.32 Å². The summed E-state index contributed by atoms with van der Waals surface area (Å²) in [6.45, 7) is 4.15. The zero-order valence-electron chi connectivity index (χ0n) is 12.1. The maximum absolute atomic E-state index is 11.8. The van der Waals surface area contributed by atoms with E-state index in [9.17, 15) is 14.9 Å². The van der Waals surface area contributed by atoms with Crippen molar-refractivity contribution in [3.05, 3.63) is 39.9 Å². The number of benzene rings is 1. The van der Waals surface area contributed by atoms with E-state index in [0.29, 0.717) is 0 Å². The molecule has 20 heavy (non-hydrogen) atoms. The third-order valence-corrected chi connectivity index (χ3v) is 3.16. The van der Waals surface area contributed by atoms with Gasteiger partial charge in [0.15, 0.2) is 0 Å². The summed E-state index contributed by atoms with van der Waals surface area (Å²) in [6.07, 6.45) is 4.72. The number of amides is 1. The van der Waals surface area contributed by atoms with Gasteiger partial charge in [0.05, 0.1) is 11.3 Å². The predicted molar refractivity (Wildman–Crippen MR) is 78.5 cm³/mol. The van der Waals surface area contributed by atoms with E-state index >= 15 is 0 Å². The van der Waals surface area contributed by atoms with Crippen LogP contribution in [-0.4, -0.2) is 16.9 Å². The highest BCUT2D eigenvalue weighted by Gasteiger charge is 2.09. The number of unbranched alkanes of at least 4 members (excludes halogenated alkanes) is 2. The molecule has 0 saturated carbocycles. The molecule has 1 aromatic carbocycles. The monoisotopic (exact) mass is 278 g/mol. The molecule has 0 spiro atoms. The lowest BCUT2D eigenvalue weighted by Crippen LogP contribution is -2.33. The Morgan fingerprint density at radius 2 is 1.95 bits per heavy atom. The largest absolute Gasteiger partial charge is 0.353 e. The van der Waals surface area contributed by atoms with Crippen LogP contribution in [0.1, 0.15) is 45.1 Å². The number of nitro groups is 1. The first-order valence-electron chi connectivity index (χ1n) is 7.05. The van der Waals surface area contributed by atoms with Crippen LogP contribution in [0.3, 0.4) is 0 Å². The van der Waals surface area contributed by atoms with Crippen LogP contribution >= 0.6 is 0 Å². The minimum absolute atomic E-state index is 0.0390. The minimum Gasteiger partial charge on any atom is -0.353 e. The van der Waals surface area contributed by atoms with Crippen LogP contribution in [0, 0.1) is 10.1 Å². The number of nitro benzene ring substituents is 1. The lowest BCUT2D eigenvalue weighted by atomic mass is 10.1. The predicted octanol–water partition coefficient (Wildman–Crippen LogP) is 3.22. The summed E-state index contributed by atoms with van der Waals surface area (Å²) in [5, 5.41) is 13.5. The van der Waals surface area contributed by atoms with Crippen LogP contribution in [-0.2, 0) is 11.2 Å². The highest BCUT2D eigenvalue weighted by molar-refractivity contribution is 5.78. The average molecular weight is 278 g/mol. The quantitative estimate of drug-likeness (QED) is 0.451. The maximum Gasteiger partial charge on any atom is 0.269 e. The van der Waals surface area contributed by atoms with Crippen LogP contribution in [0.25, 0.3) is 0 Å². The van der Waals surface area contributed by atoms with Gasteiger partial charge in [-0.3, -0.25) is 14.9 Å². The molecule has 1 unspecified atom stereocenters. The van der Waals surface area contributed by atoms with Crippen molar-refractivity contribution in [3.8, 4) is 0 Å². The van der Waals surface area contributed by atoms with Gasteiger partial charge in [-0.25, -0.2) is 0 Å². The minimum atomic E-state index is -0.445. The molecule has 0 heterocycles. The van der Waals surface area contributed by atoms with E-state index in [-0.39, 0.29) is 24.1 Å². The first kappa shape index (κ1) is 16.1. The molecule has 0 bridgehead atoms. The summed E-state index contributed by atoms with van der Waals surface area (Å²) in [4.78, 5) is 21.9. The molecule has 110 valence electrons. The number of rotatable bonds is 8. The Kier molecular flexibility index (Phi) is 6.70. The van der Waals surface area contributed by atoms with E-state index in [1.54, 1.807) is 12.1 Å². The van der Waals surface area contributed by atoms with Gasteiger partial charge in [0, 0.05) is 18.2 Å². The van der Waals surface area contributed by atoms with Gasteiger partial charge < -0.3 is 5.32 Å². The highest BCUT2D eigenvalue weighted by Crippen LogP contribution is 2.12. The second kappa shape index (κ2) is 8.30. The van der Waals surface area contributed by atoms with Gasteiger partial charge in [-0.1, -0.05) is 38.3 Å². The average Bonchev–Trinajstić information content (AvgIpc) is 2.39. The Morgan fingerprint density at radius 3 is 2.50 bits per heavy atom. The molecule has 0 saturated heterocycles. The van der Waals surface area contributed by atoms with E-state index < -0.39 is 4.92 Å². The molecule has 0 aliphatic heterocycles. The summed E-state index contributed by atoms with van der Waals surface area (Å²) >= 11 is 0. The molecular weight excluding hydrogens is 256 g/mol. The second-order valence-electron chi connectivity index (χ2n) is 5.06. The first-order valence-corrected chi connectivity index (χ1v) is 7.05. The lowest BCUT2D eigenvalue weighted by Gasteiger charge is -2.13. The molecule has 1 amide bonds.